The standard InChI is InChI=1S/C20H23FN2O5/c1-10-9-28-17-15-11(6-13(19(25)26)18(24)23(10)15)7-14(21)16(17)22-5-4-12(8-22)20(2,3)27/h6-7,10,12,27H,4-5,8-9H2,1-3H3,(H,25,26)/t10-,12+/m0/s1. The van der Waals surface area contributed by atoms with Gasteiger partial charge in [0.25, 0.3) is 5.56 Å². The first-order valence-corrected chi connectivity index (χ1v) is 9.34. The van der Waals surface area contributed by atoms with E-state index < -0.39 is 22.9 Å². The summed E-state index contributed by atoms with van der Waals surface area (Å²) in [6, 6.07) is 2.09. The molecule has 2 N–H and O–H groups in total. The summed E-state index contributed by atoms with van der Waals surface area (Å²) in [5, 5.41) is 20.0. The van der Waals surface area contributed by atoms with E-state index in [1.54, 1.807) is 20.8 Å². The Hall–Kier alpha value is -2.61. The fourth-order valence-electron chi connectivity index (χ4n) is 4.26. The summed E-state index contributed by atoms with van der Waals surface area (Å²) in [6.07, 6.45) is 0.710. The Morgan fingerprint density at radius 3 is 2.68 bits per heavy atom. The number of rotatable bonds is 3. The zero-order chi connectivity index (χ0) is 20.4. The van der Waals surface area contributed by atoms with Crippen LogP contribution < -0.4 is 15.2 Å². The Kier molecular flexibility index (Phi) is 4.15. The molecule has 1 fully saturated rings. The Morgan fingerprint density at radius 1 is 1.36 bits per heavy atom. The van der Waals surface area contributed by atoms with Gasteiger partial charge >= 0.3 is 5.97 Å². The van der Waals surface area contributed by atoms with Gasteiger partial charge in [-0.3, -0.25) is 9.36 Å². The predicted octanol–water partition coefficient (Wildman–Crippen LogP) is 2.39. The Morgan fingerprint density at radius 2 is 2.07 bits per heavy atom. The van der Waals surface area contributed by atoms with Crippen molar-refractivity contribution in [2.75, 3.05) is 24.6 Å². The van der Waals surface area contributed by atoms with Crippen LogP contribution in [0.1, 0.15) is 43.6 Å². The molecule has 0 saturated carbocycles. The molecule has 2 aliphatic rings. The molecule has 1 aromatic carbocycles. The first-order valence-electron chi connectivity index (χ1n) is 9.34. The molecule has 0 spiro atoms. The van der Waals surface area contributed by atoms with Crippen LogP contribution >= 0.6 is 0 Å². The van der Waals surface area contributed by atoms with Gasteiger partial charge in [-0.2, -0.15) is 0 Å². The molecule has 3 heterocycles. The van der Waals surface area contributed by atoms with Gasteiger partial charge in [-0.15, -0.1) is 0 Å². The maximum absolute atomic E-state index is 15.1. The molecule has 0 unspecified atom stereocenters. The average molecular weight is 390 g/mol. The maximum Gasteiger partial charge on any atom is 0.341 e. The Bertz CT molecular complexity index is 1040. The number of pyridine rings is 1. The van der Waals surface area contributed by atoms with Crippen molar-refractivity contribution in [1.29, 1.82) is 0 Å². The molecule has 0 bridgehead atoms. The Labute approximate surface area is 160 Å². The molecule has 0 aliphatic carbocycles. The molecule has 2 atom stereocenters. The van der Waals surface area contributed by atoms with Gasteiger partial charge in [-0.25, -0.2) is 9.18 Å². The zero-order valence-electron chi connectivity index (χ0n) is 16.0. The topological polar surface area (TPSA) is 92.0 Å². The minimum atomic E-state index is -1.34. The fraction of sp³-hybridized carbons (Fsp3) is 0.500. The molecule has 8 heteroatoms. The lowest BCUT2D eigenvalue weighted by atomic mass is 9.90. The highest BCUT2D eigenvalue weighted by Gasteiger charge is 2.37. The summed E-state index contributed by atoms with van der Waals surface area (Å²) in [4.78, 5) is 26.0. The van der Waals surface area contributed by atoms with E-state index in [2.05, 4.69) is 0 Å². The molecule has 1 saturated heterocycles. The van der Waals surface area contributed by atoms with Gasteiger partial charge in [0.2, 0.25) is 0 Å². The van der Waals surface area contributed by atoms with Gasteiger partial charge in [-0.1, -0.05) is 0 Å². The molecule has 0 amide bonds. The normalized spacial score (nSPS) is 21.8. The molecule has 150 valence electrons. The lowest BCUT2D eigenvalue weighted by Gasteiger charge is -2.31. The smallest absolute Gasteiger partial charge is 0.341 e. The van der Waals surface area contributed by atoms with Crippen molar-refractivity contribution in [3.63, 3.8) is 0 Å². The fourth-order valence-corrected chi connectivity index (χ4v) is 4.26. The van der Waals surface area contributed by atoms with Crippen molar-refractivity contribution in [2.45, 2.75) is 38.8 Å². The first-order chi connectivity index (χ1) is 13.1. The van der Waals surface area contributed by atoms with Crippen LogP contribution in [0.3, 0.4) is 0 Å². The van der Waals surface area contributed by atoms with Crippen molar-refractivity contribution in [3.8, 4) is 5.75 Å². The highest BCUT2D eigenvalue weighted by atomic mass is 19.1. The number of aromatic carboxylic acids is 1. The molecule has 1 aromatic heterocycles. The van der Waals surface area contributed by atoms with Gasteiger partial charge in [-0.05, 0) is 39.3 Å². The van der Waals surface area contributed by atoms with Gasteiger partial charge in [0.05, 0.1) is 17.2 Å². The van der Waals surface area contributed by atoms with Crippen molar-refractivity contribution in [1.82, 2.24) is 4.57 Å². The molecular formula is C20H23FN2O5. The summed E-state index contributed by atoms with van der Waals surface area (Å²) >= 11 is 0. The third kappa shape index (κ3) is 2.74. The lowest BCUT2D eigenvalue weighted by Crippen LogP contribution is -2.36. The summed E-state index contributed by atoms with van der Waals surface area (Å²) in [6.45, 7) is 6.41. The van der Waals surface area contributed by atoms with Crippen molar-refractivity contribution in [3.05, 3.63) is 33.9 Å². The van der Waals surface area contributed by atoms with Crippen LogP contribution in [-0.4, -0.2) is 46.0 Å². The van der Waals surface area contributed by atoms with Crippen LogP contribution in [0.25, 0.3) is 10.9 Å². The van der Waals surface area contributed by atoms with Crippen molar-refractivity contribution in [2.24, 2.45) is 5.92 Å². The van der Waals surface area contributed by atoms with E-state index in [0.29, 0.717) is 30.4 Å². The molecule has 28 heavy (non-hydrogen) atoms. The van der Waals surface area contributed by atoms with Crippen LogP contribution in [0, 0.1) is 11.7 Å². The number of aliphatic hydroxyl groups is 1. The average Bonchev–Trinajstić information content (AvgIpc) is 3.08. The minimum absolute atomic E-state index is 0.0195. The molecule has 0 radical (unpaired) electrons. The maximum atomic E-state index is 15.1. The number of carbonyl (C=O) groups is 1. The summed E-state index contributed by atoms with van der Waals surface area (Å²) in [5.41, 5.74) is -1.21. The molecule has 4 rings (SSSR count). The summed E-state index contributed by atoms with van der Waals surface area (Å²) in [7, 11) is 0. The van der Waals surface area contributed by atoms with Gasteiger partial charge < -0.3 is 19.8 Å². The number of carboxylic acids is 1. The van der Waals surface area contributed by atoms with Crippen LogP contribution in [0.15, 0.2) is 16.9 Å². The highest BCUT2D eigenvalue weighted by Crippen LogP contribution is 2.44. The molecule has 2 aliphatic heterocycles. The lowest BCUT2D eigenvalue weighted by molar-refractivity contribution is 0.0263. The monoisotopic (exact) mass is 390 g/mol. The number of ether oxygens (including phenoxy) is 1. The second-order valence-electron chi connectivity index (χ2n) is 8.26. The van der Waals surface area contributed by atoms with E-state index in [1.165, 1.54) is 16.7 Å². The molecule has 2 aromatic rings. The van der Waals surface area contributed by atoms with E-state index in [1.807, 2.05) is 4.90 Å². The summed E-state index contributed by atoms with van der Waals surface area (Å²) < 4.78 is 22.4. The van der Waals surface area contributed by atoms with Gasteiger partial charge in [0, 0.05) is 24.4 Å². The number of hydrogen-bond acceptors (Lipinski definition) is 5. The van der Waals surface area contributed by atoms with Crippen molar-refractivity contribution >= 4 is 22.6 Å². The SMILES string of the molecule is C[C@H]1COc2c(N3CC[C@@H](C(C)(C)O)C3)c(F)cc3cc(C(=O)O)c(=O)n1c23. The summed E-state index contributed by atoms with van der Waals surface area (Å²) in [5.74, 6) is -1.63. The predicted molar refractivity (Wildman–Crippen MR) is 102 cm³/mol. The minimum Gasteiger partial charge on any atom is -0.487 e. The second kappa shape index (κ2) is 6.20. The van der Waals surface area contributed by atoms with Crippen LogP contribution in [-0.2, 0) is 0 Å². The van der Waals surface area contributed by atoms with Crippen LogP contribution in [0.2, 0.25) is 0 Å². The number of benzene rings is 1. The number of nitrogens with zero attached hydrogens (tertiary/aromatic N) is 2. The van der Waals surface area contributed by atoms with Crippen molar-refractivity contribution < 1.29 is 24.1 Å². The van der Waals surface area contributed by atoms with Crippen LogP contribution in [0.5, 0.6) is 5.75 Å². The number of halogens is 1. The van der Waals surface area contributed by atoms with Gasteiger partial charge in [0.1, 0.15) is 17.9 Å². The Balaban J connectivity index is 1.94. The van der Waals surface area contributed by atoms with Gasteiger partial charge in [0.15, 0.2) is 11.6 Å². The highest BCUT2D eigenvalue weighted by molar-refractivity contribution is 5.97. The second-order valence-corrected chi connectivity index (χ2v) is 8.26. The number of carboxylic acid groups (broad SMARTS) is 1. The van der Waals surface area contributed by atoms with Crippen LogP contribution in [0.4, 0.5) is 10.1 Å². The quantitative estimate of drug-likeness (QED) is 0.836. The third-order valence-electron chi connectivity index (χ3n) is 5.85. The van der Waals surface area contributed by atoms with E-state index >= 15 is 4.39 Å². The number of hydrogen-bond donors (Lipinski definition) is 2. The number of aromatic nitrogens is 1. The van der Waals surface area contributed by atoms with E-state index in [0.717, 1.165) is 0 Å². The van der Waals surface area contributed by atoms with E-state index in [4.69, 9.17) is 4.74 Å². The zero-order valence-corrected chi connectivity index (χ0v) is 16.0. The molecular weight excluding hydrogens is 367 g/mol. The van der Waals surface area contributed by atoms with E-state index in [9.17, 15) is 19.8 Å². The third-order valence-corrected chi connectivity index (χ3v) is 5.85. The largest absolute Gasteiger partial charge is 0.487 e. The number of anilines is 1. The first kappa shape index (κ1) is 18.7. The molecule has 7 nitrogen and oxygen atoms in total. The van der Waals surface area contributed by atoms with E-state index in [-0.39, 0.29) is 35.6 Å².